The molecule has 0 fully saturated rings. The second-order valence-corrected chi connectivity index (χ2v) is 7.57. The first-order chi connectivity index (χ1) is 15.9. The number of carbonyl (C=O) groups excluding carboxylic acids is 3. The standard InChI is InChI=1S/C24H22N4O5/c29-19-15-28(26-21(31)12-17-9-5-2-6-10-17)24(33)23(19)18-13-22(32)27(14-18)25-20(30)11-16-7-3-1-4-8-16/h1-10,13,15,29,33H,11-12,14H2,(H,25,30)(H,26,31). The topological polar surface area (TPSA) is 124 Å². The van der Waals surface area contributed by atoms with Gasteiger partial charge in [0, 0.05) is 6.08 Å². The number of nitrogens with one attached hydrogen (secondary N) is 2. The maximum atomic E-state index is 12.4. The first kappa shape index (κ1) is 21.7. The van der Waals surface area contributed by atoms with Gasteiger partial charge in [-0.15, -0.1) is 0 Å². The van der Waals surface area contributed by atoms with Gasteiger partial charge in [0.1, 0.15) is 5.75 Å². The van der Waals surface area contributed by atoms with Gasteiger partial charge in [-0.3, -0.25) is 25.2 Å². The molecule has 1 aliphatic heterocycles. The lowest BCUT2D eigenvalue weighted by Crippen LogP contribution is -2.44. The SMILES string of the molecule is O=C(Cc1ccccc1)NN1CC(c2c(O)cn(NC(=O)Cc3ccccc3)c2O)=CC1=O. The smallest absolute Gasteiger partial charge is 0.265 e. The zero-order chi connectivity index (χ0) is 23.4. The fraction of sp³-hybridized carbons (Fsp3) is 0.125. The molecule has 0 saturated heterocycles. The van der Waals surface area contributed by atoms with Gasteiger partial charge in [-0.05, 0) is 16.7 Å². The highest BCUT2D eigenvalue weighted by Crippen LogP contribution is 2.37. The molecule has 9 heteroatoms. The molecule has 1 aromatic heterocycles. The largest absolute Gasteiger partial charge is 0.505 e. The van der Waals surface area contributed by atoms with Crippen molar-refractivity contribution >= 4 is 23.3 Å². The van der Waals surface area contributed by atoms with Crippen molar-refractivity contribution in [1.29, 1.82) is 0 Å². The summed E-state index contributed by atoms with van der Waals surface area (Å²) in [4.78, 5) is 36.9. The van der Waals surface area contributed by atoms with Crippen LogP contribution in [0.4, 0.5) is 0 Å². The molecule has 0 atom stereocenters. The molecule has 33 heavy (non-hydrogen) atoms. The highest BCUT2D eigenvalue weighted by atomic mass is 16.3. The van der Waals surface area contributed by atoms with Gasteiger partial charge in [0.05, 0.1) is 31.1 Å². The van der Waals surface area contributed by atoms with Gasteiger partial charge < -0.3 is 10.2 Å². The number of carbonyl (C=O) groups is 3. The minimum absolute atomic E-state index is 0.00293. The van der Waals surface area contributed by atoms with Crippen LogP contribution in [0.3, 0.4) is 0 Å². The third-order valence-electron chi connectivity index (χ3n) is 5.09. The van der Waals surface area contributed by atoms with E-state index in [1.54, 1.807) is 24.3 Å². The van der Waals surface area contributed by atoms with Crippen LogP contribution < -0.4 is 10.9 Å². The number of hydrogen-bond acceptors (Lipinski definition) is 5. The molecule has 4 N–H and O–H groups in total. The molecular formula is C24H22N4O5. The van der Waals surface area contributed by atoms with E-state index in [0.717, 1.165) is 27.0 Å². The Labute approximate surface area is 189 Å². The van der Waals surface area contributed by atoms with Gasteiger partial charge in [0.25, 0.3) is 5.91 Å². The van der Waals surface area contributed by atoms with Gasteiger partial charge in [-0.2, -0.15) is 0 Å². The molecule has 3 aromatic rings. The quantitative estimate of drug-likeness (QED) is 0.440. The average molecular weight is 446 g/mol. The van der Waals surface area contributed by atoms with Crippen molar-refractivity contribution in [3.63, 3.8) is 0 Å². The van der Waals surface area contributed by atoms with Crippen molar-refractivity contribution in [2.45, 2.75) is 12.8 Å². The van der Waals surface area contributed by atoms with Gasteiger partial charge in [0.2, 0.25) is 17.7 Å². The lowest BCUT2D eigenvalue weighted by atomic mass is 10.1. The van der Waals surface area contributed by atoms with Crippen LogP contribution in [-0.4, -0.2) is 44.2 Å². The number of aromatic hydroxyl groups is 2. The molecule has 3 amide bonds. The van der Waals surface area contributed by atoms with Crippen molar-refractivity contribution in [3.8, 4) is 11.6 Å². The summed E-state index contributed by atoms with van der Waals surface area (Å²) in [5.41, 5.74) is 6.92. The lowest BCUT2D eigenvalue weighted by molar-refractivity contribution is -0.136. The van der Waals surface area contributed by atoms with Crippen LogP contribution in [0.1, 0.15) is 16.7 Å². The summed E-state index contributed by atoms with van der Waals surface area (Å²) in [7, 11) is 0. The van der Waals surface area contributed by atoms with Crippen LogP contribution in [0.2, 0.25) is 0 Å². The molecule has 0 saturated carbocycles. The van der Waals surface area contributed by atoms with E-state index in [9.17, 15) is 24.6 Å². The Balaban J connectivity index is 1.41. The third-order valence-corrected chi connectivity index (χ3v) is 5.09. The van der Waals surface area contributed by atoms with Crippen molar-refractivity contribution < 1.29 is 24.6 Å². The van der Waals surface area contributed by atoms with E-state index in [1.165, 1.54) is 6.08 Å². The summed E-state index contributed by atoms with van der Waals surface area (Å²) in [6, 6.07) is 18.2. The molecule has 0 aliphatic carbocycles. The molecule has 2 aromatic carbocycles. The number of aromatic nitrogens is 1. The Morgan fingerprint density at radius 1 is 0.848 bits per heavy atom. The first-order valence-electron chi connectivity index (χ1n) is 10.2. The zero-order valence-electron chi connectivity index (χ0n) is 17.6. The van der Waals surface area contributed by atoms with Gasteiger partial charge in [0.15, 0.2) is 0 Å². The number of hydrazine groups is 1. The molecule has 0 spiro atoms. The van der Waals surface area contributed by atoms with Crippen molar-refractivity contribution in [2.75, 3.05) is 12.0 Å². The Morgan fingerprint density at radius 2 is 1.39 bits per heavy atom. The van der Waals surface area contributed by atoms with Crippen LogP contribution in [0.15, 0.2) is 72.9 Å². The minimum Gasteiger partial charge on any atom is -0.505 e. The highest BCUT2D eigenvalue weighted by molar-refractivity contribution is 6.02. The number of amides is 3. The monoisotopic (exact) mass is 446 g/mol. The normalized spacial score (nSPS) is 13.0. The fourth-order valence-electron chi connectivity index (χ4n) is 3.57. The van der Waals surface area contributed by atoms with Crippen molar-refractivity contribution in [1.82, 2.24) is 15.1 Å². The van der Waals surface area contributed by atoms with E-state index in [1.807, 2.05) is 36.4 Å². The number of rotatable bonds is 7. The third kappa shape index (κ3) is 5.04. The summed E-state index contributed by atoms with van der Waals surface area (Å²) in [5, 5.41) is 22.0. The maximum absolute atomic E-state index is 12.4. The van der Waals surface area contributed by atoms with E-state index < -0.39 is 17.7 Å². The van der Waals surface area contributed by atoms with Crippen molar-refractivity contribution in [3.05, 3.63) is 89.6 Å². The van der Waals surface area contributed by atoms with Crippen LogP contribution in [0.25, 0.3) is 5.57 Å². The summed E-state index contributed by atoms with van der Waals surface area (Å²) in [6.45, 7) is -0.0531. The van der Waals surface area contributed by atoms with E-state index in [0.29, 0.717) is 5.57 Å². The summed E-state index contributed by atoms with van der Waals surface area (Å²) >= 11 is 0. The minimum atomic E-state index is -0.494. The van der Waals surface area contributed by atoms with E-state index in [-0.39, 0.29) is 36.6 Å². The average Bonchev–Trinajstić information content (AvgIpc) is 3.27. The Bertz CT molecular complexity index is 1220. The predicted octanol–water partition coefficient (Wildman–Crippen LogP) is 1.71. The Morgan fingerprint density at radius 3 is 1.97 bits per heavy atom. The molecule has 1 aliphatic rings. The maximum Gasteiger partial charge on any atom is 0.265 e. The second-order valence-electron chi connectivity index (χ2n) is 7.57. The van der Waals surface area contributed by atoms with Gasteiger partial charge in [-0.1, -0.05) is 60.7 Å². The van der Waals surface area contributed by atoms with E-state index >= 15 is 0 Å². The summed E-state index contributed by atoms with van der Waals surface area (Å²) in [6.07, 6.45) is 2.54. The molecule has 0 unspecified atom stereocenters. The molecule has 2 heterocycles. The zero-order valence-corrected chi connectivity index (χ0v) is 17.6. The van der Waals surface area contributed by atoms with Crippen LogP contribution in [-0.2, 0) is 27.2 Å². The molecule has 168 valence electrons. The van der Waals surface area contributed by atoms with Gasteiger partial charge >= 0.3 is 0 Å². The molecule has 9 nitrogen and oxygen atoms in total. The Kier molecular flexibility index (Phi) is 6.12. The van der Waals surface area contributed by atoms with E-state index in [4.69, 9.17) is 0 Å². The fourth-order valence-corrected chi connectivity index (χ4v) is 3.57. The second kappa shape index (κ2) is 9.31. The number of nitrogens with zero attached hydrogens (tertiary/aromatic N) is 2. The molecular weight excluding hydrogens is 424 g/mol. The number of hydrogen-bond donors (Lipinski definition) is 4. The summed E-state index contributed by atoms with van der Waals surface area (Å²) < 4.78 is 0.998. The van der Waals surface area contributed by atoms with Gasteiger partial charge in [-0.25, -0.2) is 9.69 Å². The van der Waals surface area contributed by atoms with Crippen LogP contribution in [0.5, 0.6) is 11.6 Å². The highest BCUT2D eigenvalue weighted by Gasteiger charge is 2.29. The number of benzene rings is 2. The first-order valence-corrected chi connectivity index (χ1v) is 10.2. The van der Waals surface area contributed by atoms with Crippen LogP contribution >= 0.6 is 0 Å². The lowest BCUT2D eigenvalue weighted by Gasteiger charge is -2.18. The Hall–Kier alpha value is -4.53. The predicted molar refractivity (Wildman–Crippen MR) is 120 cm³/mol. The van der Waals surface area contributed by atoms with Crippen LogP contribution in [0, 0.1) is 0 Å². The van der Waals surface area contributed by atoms with Crippen molar-refractivity contribution in [2.24, 2.45) is 0 Å². The molecule has 0 radical (unpaired) electrons. The molecule has 0 bridgehead atoms. The molecule has 4 rings (SSSR count). The summed E-state index contributed by atoms with van der Waals surface area (Å²) in [5.74, 6) is -2.01. The van der Waals surface area contributed by atoms with E-state index in [2.05, 4.69) is 10.9 Å².